The zero-order chi connectivity index (χ0) is 23.2. The lowest BCUT2D eigenvalue weighted by atomic mass is 10.1. The van der Waals surface area contributed by atoms with Crippen molar-refractivity contribution in [1.82, 2.24) is 10.2 Å². The molecule has 0 saturated carbocycles. The van der Waals surface area contributed by atoms with Gasteiger partial charge < -0.3 is 15.1 Å². The first-order chi connectivity index (χ1) is 16.0. The molecule has 3 aromatic carbocycles. The van der Waals surface area contributed by atoms with E-state index in [9.17, 15) is 9.59 Å². The van der Waals surface area contributed by atoms with E-state index in [1.807, 2.05) is 77.7 Å². The Kier molecular flexibility index (Phi) is 7.56. The van der Waals surface area contributed by atoms with E-state index in [1.165, 1.54) is 0 Å². The molecule has 1 aliphatic heterocycles. The fourth-order valence-corrected chi connectivity index (χ4v) is 4.57. The Morgan fingerprint density at radius 2 is 1.45 bits per heavy atom. The summed E-state index contributed by atoms with van der Waals surface area (Å²) in [6.45, 7) is 2.68. The third-order valence-electron chi connectivity index (χ3n) is 5.43. The van der Waals surface area contributed by atoms with Crippen molar-refractivity contribution >= 4 is 63.1 Å². The average Bonchev–Trinajstić information content (AvgIpc) is 2.85. The van der Waals surface area contributed by atoms with E-state index >= 15 is 0 Å². The van der Waals surface area contributed by atoms with Crippen LogP contribution in [0.2, 0.25) is 0 Å². The van der Waals surface area contributed by atoms with Crippen molar-refractivity contribution in [3.63, 3.8) is 0 Å². The summed E-state index contributed by atoms with van der Waals surface area (Å²) in [6.07, 6.45) is 0. The SMILES string of the molecule is O=C(NC(=S)Nc1ccccc1N1CCN(C(=O)c2ccccc2)CC1)c1ccccc1I. The van der Waals surface area contributed by atoms with E-state index in [0.29, 0.717) is 37.3 Å². The third-order valence-corrected chi connectivity index (χ3v) is 6.57. The highest BCUT2D eigenvalue weighted by Crippen LogP contribution is 2.27. The number of anilines is 2. The number of hydrogen-bond acceptors (Lipinski definition) is 4. The Bertz CT molecular complexity index is 1160. The van der Waals surface area contributed by atoms with Gasteiger partial charge in [0.1, 0.15) is 0 Å². The van der Waals surface area contributed by atoms with Gasteiger partial charge in [-0.05, 0) is 71.2 Å². The number of carbonyl (C=O) groups excluding carboxylic acids is 2. The molecule has 0 bridgehead atoms. The molecule has 1 saturated heterocycles. The van der Waals surface area contributed by atoms with Gasteiger partial charge >= 0.3 is 0 Å². The molecule has 0 radical (unpaired) electrons. The minimum atomic E-state index is -0.247. The largest absolute Gasteiger partial charge is 0.366 e. The van der Waals surface area contributed by atoms with E-state index in [4.69, 9.17) is 12.2 Å². The minimum Gasteiger partial charge on any atom is -0.366 e. The Hall–Kier alpha value is -2.98. The first-order valence-electron chi connectivity index (χ1n) is 10.6. The molecule has 2 amide bonds. The number of para-hydroxylation sites is 2. The van der Waals surface area contributed by atoms with Crippen LogP contribution in [0.1, 0.15) is 20.7 Å². The maximum atomic E-state index is 12.7. The summed E-state index contributed by atoms with van der Waals surface area (Å²) in [5.41, 5.74) is 3.08. The number of carbonyl (C=O) groups is 2. The first kappa shape index (κ1) is 23.2. The molecule has 0 unspecified atom stereocenters. The molecular formula is C25H23IN4O2S. The monoisotopic (exact) mass is 570 g/mol. The molecule has 4 rings (SSSR count). The van der Waals surface area contributed by atoms with Gasteiger partial charge in [0.25, 0.3) is 11.8 Å². The highest BCUT2D eigenvalue weighted by Gasteiger charge is 2.23. The van der Waals surface area contributed by atoms with Crippen LogP contribution < -0.4 is 15.5 Å². The summed E-state index contributed by atoms with van der Waals surface area (Å²) in [6, 6.07) is 24.6. The third kappa shape index (κ3) is 5.69. The molecule has 1 aliphatic rings. The summed E-state index contributed by atoms with van der Waals surface area (Å²) < 4.78 is 0.860. The highest BCUT2D eigenvalue weighted by atomic mass is 127. The van der Waals surface area contributed by atoms with Gasteiger partial charge in [-0.2, -0.15) is 0 Å². The predicted octanol–water partition coefficient (Wildman–Crippen LogP) is 4.38. The summed E-state index contributed by atoms with van der Waals surface area (Å²) in [5, 5.41) is 6.16. The van der Waals surface area contributed by atoms with Crippen molar-refractivity contribution in [2.24, 2.45) is 0 Å². The molecule has 1 heterocycles. The van der Waals surface area contributed by atoms with Gasteiger partial charge in [0.15, 0.2) is 5.11 Å². The van der Waals surface area contributed by atoms with Crippen molar-refractivity contribution < 1.29 is 9.59 Å². The van der Waals surface area contributed by atoms with Gasteiger partial charge in [0.2, 0.25) is 0 Å². The van der Waals surface area contributed by atoms with Crippen LogP contribution in [0.3, 0.4) is 0 Å². The fraction of sp³-hybridized carbons (Fsp3) is 0.160. The molecule has 33 heavy (non-hydrogen) atoms. The normalized spacial score (nSPS) is 13.4. The van der Waals surface area contributed by atoms with E-state index in [0.717, 1.165) is 14.9 Å². The van der Waals surface area contributed by atoms with Gasteiger partial charge in [0, 0.05) is 35.3 Å². The first-order valence-corrected chi connectivity index (χ1v) is 12.1. The van der Waals surface area contributed by atoms with Crippen molar-refractivity contribution in [1.29, 1.82) is 0 Å². The predicted molar refractivity (Wildman–Crippen MR) is 144 cm³/mol. The molecule has 2 N–H and O–H groups in total. The van der Waals surface area contributed by atoms with Gasteiger partial charge in [0.05, 0.1) is 16.9 Å². The number of piperazine rings is 1. The van der Waals surface area contributed by atoms with Crippen LogP contribution in [0, 0.1) is 3.57 Å². The average molecular weight is 570 g/mol. The number of amides is 2. The second kappa shape index (κ2) is 10.8. The van der Waals surface area contributed by atoms with Crippen molar-refractivity contribution in [2.75, 3.05) is 36.4 Å². The molecule has 1 fully saturated rings. The van der Waals surface area contributed by atoms with Gasteiger partial charge in [-0.3, -0.25) is 14.9 Å². The number of thiocarbonyl (C=S) groups is 1. The number of hydrogen-bond donors (Lipinski definition) is 2. The molecule has 168 valence electrons. The lowest BCUT2D eigenvalue weighted by Crippen LogP contribution is -2.49. The van der Waals surface area contributed by atoms with Crippen LogP contribution in [-0.2, 0) is 0 Å². The van der Waals surface area contributed by atoms with Crippen molar-refractivity contribution in [3.05, 3.63) is 93.6 Å². The van der Waals surface area contributed by atoms with Gasteiger partial charge in [-0.25, -0.2) is 0 Å². The number of benzene rings is 3. The lowest BCUT2D eigenvalue weighted by molar-refractivity contribution is 0.0746. The Morgan fingerprint density at radius 1 is 0.818 bits per heavy atom. The zero-order valence-corrected chi connectivity index (χ0v) is 20.8. The minimum absolute atomic E-state index is 0.0566. The Labute approximate surface area is 212 Å². The molecule has 3 aromatic rings. The van der Waals surface area contributed by atoms with E-state index in [1.54, 1.807) is 6.07 Å². The van der Waals surface area contributed by atoms with Crippen LogP contribution in [0.25, 0.3) is 0 Å². The van der Waals surface area contributed by atoms with Crippen LogP contribution in [-0.4, -0.2) is 48.0 Å². The van der Waals surface area contributed by atoms with Crippen LogP contribution in [0.4, 0.5) is 11.4 Å². The molecule has 0 atom stereocenters. The summed E-state index contributed by atoms with van der Waals surface area (Å²) in [5.74, 6) is -0.191. The number of nitrogens with one attached hydrogen (secondary N) is 2. The van der Waals surface area contributed by atoms with Crippen LogP contribution >= 0.6 is 34.8 Å². The quantitative estimate of drug-likeness (QED) is 0.360. The standard InChI is InChI=1S/C25H23IN4O2S/c26-20-11-5-4-10-19(20)23(31)28-25(33)27-21-12-6-7-13-22(21)29-14-16-30(17-15-29)24(32)18-8-2-1-3-9-18/h1-13H,14-17H2,(H2,27,28,31,33). The van der Waals surface area contributed by atoms with Gasteiger partial charge in [-0.15, -0.1) is 0 Å². The van der Waals surface area contributed by atoms with E-state index in [-0.39, 0.29) is 16.9 Å². The molecular weight excluding hydrogens is 547 g/mol. The summed E-state index contributed by atoms with van der Waals surface area (Å²) in [4.78, 5) is 29.4. The molecule has 0 aliphatic carbocycles. The summed E-state index contributed by atoms with van der Waals surface area (Å²) in [7, 11) is 0. The lowest BCUT2D eigenvalue weighted by Gasteiger charge is -2.37. The Balaban J connectivity index is 1.39. The second-order valence-electron chi connectivity index (χ2n) is 7.55. The van der Waals surface area contributed by atoms with E-state index in [2.05, 4.69) is 38.1 Å². The maximum absolute atomic E-state index is 12.7. The van der Waals surface area contributed by atoms with Gasteiger partial charge in [-0.1, -0.05) is 42.5 Å². The second-order valence-corrected chi connectivity index (χ2v) is 9.12. The Morgan fingerprint density at radius 3 is 2.18 bits per heavy atom. The number of halogens is 1. The molecule has 0 spiro atoms. The molecule has 8 heteroatoms. The van der Waals surface area contributed by atoms with Crippen molar-refractivity contribution in [3.8, 4) is 0 Å². The van der Waals surface area contributed by atoms with Crippen LogP contribution in [0.5, 0.6) is 0 Å². The van der Waals surface area contributed by atoms with E-state index < -0.39 is 0 Å². The van der Waals surface area contributed by atoms with Crippen molar-refractivity contribution in [2.45, 2.75) is 0 Å². The number of rotatable bonds is 4. The maximum Gasteiger partial charge on any atom is 0.258 e. The zero-order valence-electron chi connectivity index (χ0n) is 17.8. The topological polar surface area (TPSA) is 64.7 Å². The highest BCUT2D eigenvalue weighted by molar-refractivity contribution is 14.1. The summed E-state index contributed by atoms with van der Waals surface area (Å²) >= 11 is 7.54. The molecule has 6 nitrogen and oxygen atoms in total. The smallest absolute Gasteiger partial charge is 0.258 e. The van der Waals surface area contributed by atoms with Crippen LogP contribution in [0.15, 0.2) is 78.9 Å². The molecule has 0 aromatic heterocycles. The number of nitrogens with zero attached hydrogens (tertiary/aromatic N) is 2. The fourth-order valence-electron chi connectivity index (χ4n) is 3.74.